The Bertz CT molecular complexity index is 831. The summed E-state index contributed by atoms with van der Waals surface area (Å²) >= 11 is 6.77. The summed E-state index contributed by atoms with van der Waals surface area (Å²) in [4.78, 5) is 13.2. The van der Waals surface area contributed by atoms with E-state index in [1.54, 1.807) is 15.9 Å². The molecule has 0 radical (unpaired) electrons. The molecule has 0 bridgehead atoms. The predicted octanol–water partition coefficient (Wildman–Crippen LogP) is 3.62. The standard InChI is InChI=1S/C15H14N4OS2/c1-10-4-6-11(7-5-10)16-13(20)9-19-14(17-18-15(19)21)12-3-2-8-22-12/h2-8H,9H2,1H3,(H,16,20)(H,18,21). The Morgan fingerprint density at radius 3 is 2.82 bits per heavy atom. The molecule has 1 amide bonds. The van der Waals surface area contributed by atoms with Crippen LogP contribution in [0, 0.1) is 11.7 Å². The molecule has 0 saturated carbocycles. The number of aromatic nitrogens is 3. The summed E-state index contributed by atoms with van der Waals surface area (Å²) in [6.07, 6.45) is 0. The lowest BCUT2D eigenvalue weighted by Gasteiger charge is -2.07. The Labute approximate surface area is 136 Å². The number of nitrogens with zero attached hydrogens (tertiary/aromatic N) is 2. The number of hydrogen-bond acceptors (Lipinski definition) is 4. The zero-order chi connectivity index (χ0) is 15.5. The van der Waals surface area contributed by atoms with Crippen LogP contribution in [-0.4, -0.2) is 20.7 Å². The lowest BCUT2D eigenvalue weighted by atomic mass is 10.2. The topological polar surface area (TPSA) is 62.7 Å². The summed E-state index contributed by atoms with van der Waals surface area (Å²) in [7, 11) is 0. The van der Waals surface area contributed by atoms with E-state index in [0.717, 1.165) is 16.1 Å². The summed E-state index contributed by atoms with van der Waals surface area (Å²) in [6.45, 7) is 2.13. The number of rotatable bonds is 4. The number of aromatic amines is 1. The molecule has 22 heavy (non-hydrogen) atoms. The molecule has 0 aliphatic heterocycles. The van der Waals surface area contributed by atoms with Crippen molar-refractivity contribution in [1.82, 2.24) is 14.8 Å². The van der Waals surface area contributed by atoms with E-state index in [1.165, 1.54) is 0 Å². The summed E-state index contributed by atoms with van der Waals surface area (Å²) in [5, 5.41) is 11.8. The van der Waals surface area contributed by atoms with Gasteiger partial charge in [-0.25, -0.2) is 0 Å². The molecule has 2 heterocycles. The van der Waals surface area contributed by atoms with Gasteiger partial charge in [0.1, 0.15) is 6.54 Å². The van der Waals surface area contributed by atoms with Gasteiger partial charge < -0.3 is 5.32 Å². The van der Waals surface area contributed by atoms with Crippen molar-refractivity contribution in [1.29, 1.82) is 0 Å². The quantitative estimate of drug-likeness (QED) is 0.718. The van der Waals surface area contributed by atoms with Gasteiger partial charge in [0.2, 0.25) is 5.91 Å². The fraction of sp³-hybridized carbons (Fsp3) is 0.133. The minimum atomic E-state index is -0.140. The van der Waals surface area contributed by atoms with Gasteiger partial charge in [0, 0.05) is 5.69 Å². The van der Waals surface area contributed by atoms with E-state index < -0.39 is 0 Å². The Morgan fingerprint density at radius 1 is 1.36 bits per heavy atom. The van der Waals surface area contributed by atoms with Crippen LogP contribution in [0.5, 0.6) is 0 Å². The van der Waals surface area contributed by atoms with Crippen LogP contribution in [0.4, 0.5) is 5.69 Å². The highest BCUT2D eigenvalue weighted by Gasteiger charge is 2.13. The molecular weight excluding hydrogens is 316 g/mol. The van der Waals surface area contributed by atoms with Gasteiger partial charge in [0.25, 0.3) is 0 Å². The molecule has 0 aliphatic rings. The molecule has 5 nitrogen and oxygen atoms in total. The lowest BCUT2D eigenvalue weighted by Crippen LogP contribution is -2.19. The molecule has 2 N–H and O–H groups in total. The van der Waals surface area contributed by atoms with E-state index in [2.05, 4.69) is 15.5 Å². The van der Waals surface area contributed by atoms with Gasteiger partial charge in [-0.2, -0.15) is 5.10 Å². The molecular formula is C15H14N4OS2. The van der Waals surface area contributed by atoms with Crippen LogP contribution in [0.25, 0.3) is 10.7 Å². The Morgan fingerprint density at radius 2 is 2.14 bits per heavy atom. The van der Waals surface area contributed by atoms with E-state index in [9.17, 15) is 4.79 Å². The largest absolute Gasteiger partial charge is 0.325 e. The van der Waals surface area contributed by atoms with Crippen molar-refractivity contribution in [2.24, 2.45) is 0 Å². The minimum Gasteiger partial charge on any atom is -0.325 e. The van der Waals surface area contributed by atoms with Crippen LogP contribution in [0.3, 0.4) is 0 Å². The van der Waals surface area contributed by atoms with Gasteiger partial charge in [-0.1, -0.05) is 23.8 Å². The van der Waals surface area contributed by atoms with Crippen molar-refractivity contribution in [3.8, 4) is 10.7 Å². The fourth-order valence-corrected chi connectivity index (χ4v) is 2.96. The number of anilines is 1. The van der Waals surface area contributed by atoms with E-state index >= 15 is 0 Å². The molecule has 0 saturated heterocycles. The van der Waals surface area contributed by atoms with E-state index in [4.69, 9.17) is 12.2 Å². The molecule has 0 aliphatic carbocycles. The van der Waals surface area contributed by atoms with Crippen molar-refractivity contribution in [2.45, 2.75) is 13.5 Å². The van der Waals surface area contributed by atoms with Crippen LogP contribution >= 0.6 is 23.6 Å². The number of carbonyl (C=O) groups is 1. The number of aryl methyl sites for hydroxylation is 1. The monoisotopic (exact) mass is 330 g/mol. The van der Waals surface area contributed by atoms with Gasteiger partial charge in [-0.05, 0) is 42.7 Å². The summed E-state index contributed by atoms with van der Waals surface area (Å²) < 4.78 is 2.13. The van der Waals surface area contributed by atoms with E-state index in [0.29, 0.717) is 10.6 Å². The van der Waals surface area contributed by atoms with Gasteiger partial charge in [0.05, 0.1) is 4.88 Å². The normalized spacial score (nSPS) is 10.6. The van der Waals surface area contributed by atoms with Crippen molar-refractivity contribution in [2.75, 3.05) is 5.32 Å². The van der Waals surface area contributed by atoms with Crippen LogP contribution < -0.4 is 5.32 Å². The molecule has 0 fully saturated rings. The maximum absolute atomic E-state index is 12.2. The van der Waals surface area contributed by atoms with Crippen LogP contribution in [-0.2, 0) is 11.3 Å². The highest BCUT2D eigenvalue weighted by molar-refractivity contribution is 7.71. The van der Waals surface area contributed by atoms with Gasteiger partial charge >= 0.3 is 0 Å². The number of amides is 1. The van der Waals surface area contributed by atoms with Crippen molar-refractivity contribution < 1.29 is 4.79 Å². The van der Waals surface area contributed by atoms with Gasteiger partial charge in [0.15, 0.2) is 10.6 Å². The third-order valence-electron chi connectivity index (χ3n) is 3.14. The zero-order valence-corrected chi connectivity index (χ0v) is 13.5. The number of H-pyrrole nitrogens is 1. The van der Waals surface area contributed by atoms with E-state index in [1.807, 2.05) is 48.7 Å². The van der Waals surface area contributed by atoms with Crippen molar-refractivity contribution >= 4 is 35.1 Å². The SMILES string of the molecule is Cc1ccc(NC(=O)Cn2c(-c3cccs3)n[nH]c2=S)cc1. The van der Waals surface area contributed by atoms with Crippen LogP contribution in [0.1, 0.15) is 5.56 Å². The molecule has 0 spiro atoms. The Balaban J connectivity index is 1.78. The van der Waals surface area contributed by atoms with Crippen LogP contribution in [0.2, 0.25) is 0 Å². The number of carbonyl (C=O) groups excluding carboxylic acids is 1. The molecule has 0 atom stereocenters. The van der Waals surface area contributed by atoms with Gasteiger partial charge in [-0.15, -0.1) is 11.3 Å². The average Bonchev–Trinajstić information content (AvgIpc) is 3.12. The molecule has 112 valence electrons. The third-order valence-corrected chi connectivity index (χ3v) is 4.31. The average molecular weight is 330 g/mol. The molecule has 3 rings (SSSR count). The number of hydrogen-bond donors (Lipinski definition) is 2. The Kier molecular flexibility index (Phi) is 4.17. The Hall–Kier alpha value is -2.25. The predicted molar refractivity (Wildman–Crippen MR) is 90.5 cm³/mol. The smallest absolute Gasteiger partial charge is 0.244 e. The second kappa shape index (κ2) is 6.25. The van der Waals surface area contributed by atoms with Crippen molar-refractivity contribution in [3.05, 3.63) is 52.1 Å². The van der Waals surface area contributed by atoms with Gasteiger partial charge in [-0.3, -0.25) is 14.5 Å². The van der Waals surface area contributed by atoms with Crippen LogP contribution in [0.15, 0.2) is 41.8 Å². The highest BCUT2D eigenvalue weighted by Crippen LogP contribution is 2.22. The molecule has 7 heteroatoms. The maximum atomic E-state index is 12.2. The zero-order valence-electron chi connectivity index (χ0n) is 11.9. The number of benzene rings is 1. The first-order valence-electron chi connectivity index (χ1n) is 6.69. The first-order valence-corrected chi connectivity index (χ1v) is 7.98. The van der Waals surface area contributed by atoms with Crippen molar-refractivity contribution in [3.63, 3.8) is 0 Å². The molecule has 1 aromatic carbocycles. The molecule has 3 aromatic rings. The minimum absolute atomic E-state index is 0.121. The first-order chi connectivity index (χ1) is 10.6. The number of nitrogens with one attached hydrogen (secondary N) is 2. The highest BCUT2D eigenvalue weighted by atomic mass is 32.1. The first kappa shape index (κ1) is 14.7. The third kappa shape index (κ3) is 3.15. The second-order valence-electron chi connectivity index (χ2n) is 4.83. The summed E-state index contributed by atoms with van der Waals surface area (Å²) in [5.74, 6) is 0.540. The fourth-order valence-electron chi connectivity index (χ4n) is 2.04. The maximum Gasteiger partial charge on any atom is 0.244 e. The summed E-state index contributed by atoms with van der Waals surface area (Å²) in [6, 6.07) is 11.6. The summed E-state index contributed by atoms with van der Waals surface area (Å²) in [5.41, 5.74) is 1.92. The molecule has 0 unspecified atom stereocenters. The number of thiophene rings is 1. The molecule has 2 aromatic heterocycles. The van der Waals surface area contributed by atoms with E-state index in [-0.39, 0.29) is 12.5 Å². The lowest BCUT2D eigenvalue weighted by molar-refractivity contribution is -0.116. The second-order valence-corrected chi connectivity index (χ2v) is 6.16.